The van der Waals surface area contributed by atoms with Gasteiger partial charge in [0, 0.05) is 51.3 Å². The van der Waals surface area contributed by atoms with E-state index < -0.39 is 17.7 Å². The third kappa shape index (κ3) is 5.77. The molecule has 2 N–H and O–H groups in total. The number of halogens is 2. The van der Waals surface area contributed by atoms with Crippen LogP contribution in [-0.2, 0) is 11.8 Å². The molecule has 2 atom stereocenters. The van der Waals surface area contributed by atoms with Gasteiger partial charge in [0.05, 0.1) is 25.5 Å². The highest BCUT2D eigenvalue weighted by atomic mass is 19.2. The Morgan fingerprint density at radius 3 is 2.69 bits per heavy atom. The summed E-state index contributed by atoms with van der Waals surface area (Å²) in [7, 11) is 4.97. The number of urea groups is 1. The first-order valence-electron chi connectivity index (χ1n) is 11.3. The molecule has 0 spiro atoms. The van der Waals surface area contributed by atoms with E-state index >= 15 is 0 Å². The zero-order valence-corrected chi connectivity index (χ0v) is 19.9. The fourth-order valence-electron chi connectivity index (χ4n) is 4.34. The molecule has 1 aliphatic rings. The summed E-state index contributed by atoms with van der Waals surface area (Å²) in [6, 6.07) is 12.5. The van der Waals surface area contributed by atoms with E-state index in [1.807, 2.05) is 24.3 Å². The molecule has 3 aromatic rings. The number of hydrogen-bond acceptors (Lipinski definition) is 5. The second-order valence-electron chi connectivity index (χ2n) is 8.51. The van der Waals surface area contributed by atoms with Crippen molar-refractivity contribution in [2.45, 2.75) is 12.0 Å². The number of rotatable bonds is 8. The molecule has 1 saturated heterocycles. The van der Waals surface area contributed by atoms with Crippen molar-refractivity contribution in [3.8, 4) is 17.0 Å². The van der Waals surface area contributed by atoms with Crippen LogP contribution in [0.1, 0.15) is 11.5 Å². The number of likely N-dealkylation sites (tertiary alicyclic amines) is 1. The lowest BCUT2D eigenvalue weighted by atomic mass is 9.94. The maximum atomic E-state index is 13.9. The van der Waals surface area contributed by atoms with E-state index in [-0.39, 0.29) is 12.0 Å². The summed E-state index contributed by atoms with van der Waals surface area (Å²) in [6.45, 7) is 2.35. The smallest absolute Gasteiger partial charge is 0.320 e. The van der Waals surface area contributed by atoms with Crippen LogP contribution in [0.5, 0.6) is 5.75 Å². The van der Waals surface area contributed by atoms with E-state index in [4.69, 9.17) is 9.47 Å². The van der Waals surface area contributed by atoms with E-state index in [0.29, 0.717) is 49.1 Å². The summed E-state index contributed by atoms with van der Waals surface area (Å²) in [5.41, 5.74) is 2.18. The number of amides is 2. The highest BCUT2D eigenvalue weighted by Crippen LogP contribution is 2.29. The molecule has 10 heteroatoms. The maximum Gasteiger partial charge on any atom is 0.320 e. The van der Waals surface area contributed by atoms with Gasteiger partial charge >= 0.3 is 6.03 Å². The fourth-order valence-corrected chi connectivity index (χ4v) is 4.34. The molecule has 0 unspecified atom stereocenters. The lowest BCUT2D eigenvalue weighted by Crippen LogP contribution is -2.42. The van der Waals surface area contributed by atoms with E-state index in [1.54, 1.807) is 38.1 Å². The minimum atomic E-state index is -0.902. The molecule has 1 fully saturated rings. The quantitative estimate of drug-likeness (QED) is 0.510. The monoisotopic (exact) mass is 485 g/mol. The lowest BCUT2D eigenvalue weighted by molar-refractivity contribution is 0.159. The standard InChI is InChI=1S/C25H29F2N5O3/c1-31-24(13-22(30-31)17-5-4-6-18(11-17)35-3)29-25(33)28-23-15-32(9-10-34-2)14-19(23)16-7-8-20(26)21(27)12-16/h4-8,11-13,19,23H,9-10,14-15H2,1-3H3,(H2,28,29,33)/t19-,23+/m0/s1. The molecule has 0 bridgehead atoms. The van der Waals surface area contributed by atoms with E-state index in [1.165, 1.54) is 6.07 Å². The molecule has 2 amide bonds. The van der Waals surface area contributed by atoms with Gasteiger partial charge in [-0.15, -0.1) is 0 Å². The van der Waals surface area contributed by atoms with E-state index in [2.05, 4.69) is 20.6 Å². The third-order valence-corrected chi connectivity index (χ3v) is 6.18. The number of ether oxygens (including phenoxy) is 2. The van der Waals surface area contributed by atoms with Crippen molar-refractivity contribution in [3.05, 3.63) is 65.7 Å². The van der Waals surface area contributed by atoms with Crippen molar-refractivity contribution in [3.63, 3.8) is 0 Å². The van der Waals surface area contributed by atoms with Gasteiger partial charge in [-0.2, -0.15) is 5.10 Å². The van der Waals surface area contributed by atoms with E-state index in [9.17, 15) is 13.6 Å². The van der Waals surface area contributed by atoms with Crippen LogP contribution in [0, 0.1) is 11.6 Å². The Morgan fingerprint density at radius 2 is 1.94 bits per heavy atom. The van der Waals surface area contributed by atoms with Crippen LogP contribution >= 0.6 is 0 Å². The molecule has 2 heterocycles. The summed E-state index contributed by atoms with van der Waals surface area (Å²) >= 11 is 0. The Morgan fingerprint density at radius 1 is 1.11 bits per heavy atom. The van der Waals surface area contributed by atoms with Crippen LogP contribution in [0.15, 0.2) is 48.5 Å². The SMILES string of the molecule is COCCN1C[C@@H](NC(=O)Nc2cc(-c3cccc(OC)c3)nn2C)[C@H](c2ccc(F)c(F)c2)C1. The van der Waals surface area contributed by atoms with Gasteiger partial charge in [0.1, 0.15) is 11.6 Å². The minimum Gasteiger partial charge on any atom is -0.497 e. The molecule has 2 aromatic carbocycles. The molecule has 0 saturated carbocycles. The number of aryl methyl sites for hydroxylation is 1. The van der Waals surface area contributed by atoms with Crippen LogP contribution in [0.2, 0.25) is 0 Å². The molecule has 1 aliphatic heterocycles. The van der Waals surface area contributed by atoms with Crippen LogP contribution in [0.4, 0.5) is 19.4 Å². The van der Waals surface area contributed by atoms with Gasteiger partial charge < -0.3 is 14.8 Å². The maximum absolute atomic E-state index is 13.9. The van der Waals surface area contributed by atoms with Gasteiger partial charge in [-0.25, -0.2) is 13.6 Å². The lowest BCUT2D eigenvalue weighted by Gasteiger charge is -2.20. The number of hydrogen-bond donors (Lipinski definition) is 2. The van der Waals surface area contributed by atoms with Gasteiger partial charge in [-0.05, 0) is 29.8 Å². The number of benzene rings is 2. The van der Waals surface area contributed by atoms with Crippen LogP contribution in [0.3, 0.4) is 0 Å². The van der Waals surface area contributed by atoms with Gasteiger partial charge in [-0.1, -0.05) is 18.2 Å². The molecule has 1 aromatic heterocycles. The van der Waals surface area contributed by atoms with Gasteiger partial charge in [0.2, 0.25) is 0 Å². The molecule has 4 rings (SSSR count). The van der Waals surface area contributed by atoms with Gasteiger partial charge in [0.25, 0.3) is 0 Å². The number of methoxy groups -OCH3 is 2. The molecular formula is C25H29F2N5O3. The molecule has 0 aliphatic carbocycles. The number of aromatic nitrogens is 2. The average molecular weight is 486 g/mol. The first kappa shape index (κ1) is 24.6. The summed E-state index contributed by atoms with van der Waals surface area (Å²) in [5, 5.41) is 10.3. The second-order valence-corrected chi connectivity index (χ2v) is 8.51. The number of anilines is 1. The van der Waals surface area contributed by atoms with Crippen LogP contribution < -0.4 is 15.4 Å². The molecule has 35 heavy (non-hydrogen) atoms. The Kier molecular flexibility index (Phi) is 7.62. The van der Waals surface area contributed by atoms with Crippen molar-refractivity contribution in [1.29, 1.82) is 0 Å². The van der Waals surface area contributed by atoms with Crippen molar-refractivity contribution >= 4 is 11.8 Å². The number of carbonyl (C=O) groups excluding carboxylic acids is 1. The van der Waals surface area contributed by atoms with Crippen molar-refractivity contribution in [1.82, 2.24) is 20.0 Å². The highest BCUT2D eigenvalue weighted by molar-refractivity contribution is 5.89. The largest absolute Gasteiger partial charge is 0.497 e. The Bertz CT molecular complexity index is 1190. The first-order valence-corrected chi connectivity index (χ1v) is 11.3. The van der Waals surface area contributed by atoms with Gasteiger partial charge in [0.15, 0.2) is 11.6 Å². The summed E-state index contributed by atoms with van der Waals surface area (Å²) in [6.07, 6.45) is 0. The number of nitrogens with zero attached hydrogens (tertiary/aromatic N) is 3. The topological polar surface area (TPSA) is 80.7 Å². The average Bonchev–Trinajstić information content (AvgIpc) is 3.42. The summed E-state index contributed by atoms with van der Waals surface area (Å²) < 4.78 is 39.4. The van der Waals surface area contributed by atoms with Crippen molar-refractivity contribution < 1.29 is 23.0 Å². The second kappa shape index (κ2) is 10.8. The normalized spacial score (nSPS) is 18.0. The van der Waals surface area contributed by atoms with Crippen molar-refractivity contribution in [2.24, 2.45) is 7.05 Å². The van der Waals surface area contributed by atoms with Crippen LogP contribution in [-0.4, -0.2) is 67.2 Å². The van der Waals surface area contributed by atoms with Crippen LogP contribution in [0.25, 0.3) is 11.3 Å². The molecule has 0 radical (unpaired) electrons. The Hall–Kier alpha value is -3.50. The Labute approximate surface area is 202 Å². The molecular weight excluding hydrogens is 456 g/mol. The predicted octanol–water partition coefficient (Wildman–Crippen LogP) is 3.61. The first-order chi connectivity index (χ1) is 16.9. The third-order valence-electron chi connectivity index (χ3n) is 6.18. The van der Waals surface area contributed by atoms with Crippen molar-refractivity contribution in [2.75, 3.05) is 45.8 Å². The van der Waals surface area contributed by atoms with E-state index in [0.717, 1.165) is 11.6 Å². The molecule has 8 nitrogen and oxygen atoms in total. The van der Waals surface area contributed by atoms with Gasteiger partial charge in [-0.3, -0.25) is 14.9 Å². The minimum absolute atomic E-state index is 0.202. The predicted molar refractivity (Wildman–Crippen MR) is 129 cm³/mol. The number of carbonyl (C=O) groups is 1. The highest BCUT2D eigenvalue weighted by Gasteiger charge is 2.35. The zero-order chi connectivity index (χ0) is 24.9. The Balaban J connectivity index is 1.48. The number of nitrogens with one attached hydrogen (secondary N) is 2. The summed E-state index contributed by atoms with van der Waals surface area (Å²) in [5.74, 6) is -0.775. The molecule has 186 valence electrons. The fraction of sp³-hybridized carbons (Fsp3) is 0.360. The summed E-state index contributed by atoms with van der Waals surface area (Å²) in [4.78, 5) is 15.1. The zero-order valence-electron chi connectivity index (χ0n) is 19.9.